The molecule has 2 heterocycles. The van der Waals surface area contributed by atoms with E-state index in [2.05, 4.69) is 25.8 Å². The van der Waals surface area contributed by atoms with Gasteiger partial charge in [-0.3, -0.25) is 0 Å². The molecule has 5 nitrogen and oxygen atoms in total. The minimum Gasteiger partial charge on any atom is -0.465 e. The zero-order chi connectivity index (χ0) is 14.4. The minimum atomic E-state index is -0.718. The van der Waals surface area contributed by atoms with Crippen LogP contribution in [0.4, 0.5) is 8.28 Å². The number of carbonyl (C=O) groups excluding carboxylic acids is 1. The molecule has 3 rings (SSSR count). The molecule has 2 aromatic heterocycles. The molecule has 0 fully saturated rings. The summed E-state index contributed by atoms with van der Waals surface area (Å²) in [5.74, 6) is -1.38. The topological polar surface area (TPSA) is 48.5 Å². The highest BCUT2D eigenvalue weighted by Crippen LogP contribution is 2.33. The third-order valence-electron chi connectivity index (χ3n) is 2.85. The van der Waals surface area contributed by atoms with Gasteiger partial charge in [-0.25, -0.2) is 17.7 Å². The van der Waals surface area contributed by atoms with Crippen molar-refractivity contribution >= 4 is 50.9 Å². The summed E-state index contributed by atoms with van der Waals surface area (Å²) in [6.07, 6.45) is 1.46. The van der Waals surface area contributed by atoms with Crippen molar-refractivity contribution in [2.75, 3.05) is 7.11 Å². The van der Waals surface area contributed by atoms with Crippen molar-refractivity contribution in [3.8, 4) is 0 Å². The Labute approximate surface area is 124 Å². The number of benzene rings is 1. The SMILES string of the molecule is COC(=O)c1cc(F)cc2c1n1ncc(Br)c1n2SF. The Morgan fingerprint density at radius 2 is 2.25 bits per heavy atom. The average Bonchev–Trinajstić information content (AvgIpc) is 2.95. The Balaban J connectivity index is 2.56. The first-order chi connectivity index (χ1) is 9.58. The van der Waals surface area contributed by atoms with E-state index in [9.17, 15) is 13.1 Å². The zero-order valence-electron chi connectivity index (χ0n) is 9.93. The van der Waals surface area contributed by atoms with Gasteiger partial charge in [0.2, 0.25) is 0 Å². The first-order valence-corrected chi connectivity index (χ1v) is 6.79. The second kappa shape index (κ2) is 4.74. The zero-order valence-corrected chi connectivity index (χ0v) is 12.3. The maximum Gasteiger partial charge on any atom is 0.340 e. The summed E-state index contributed by atoms with van der Waals surface area (Å²) in [5.41, 5.74) is 0.824. The lowest BCUT2D eigenvalue weighted by atomic mass is 10.2. The normalized spacial score (nSPS) is 11.4. The highest BCUT2D eigenvalue weighted by atomic mass is 79.9. The molecule has 20 heavy (non-hydrogen) atoms. The van der Waals surface area contributed by atoms with Crippen LogP contribution in [0.1, 0.15) is 10.4 Å². The lowest BCUT2D eigenvalue weighted by Crippen LogP contribution is -2.04. The Hall–Kier alpha value is -1.61. The van der Waals surface area contributed by atoms with E-state index < -0.39 is 11.8 Å². The van der Waals surface area contributed by atoms with Crippen LogP contribution in [0.5, 0.6) is 0 Å². The Morgan fingerprint density at radius 1 is 1.50 bits per heavy atom. The number of hydrogen-bond donors (Lipinski definition) is 0. The number of esters is 1. The Bertz CT molecular complexity index is 845. The van der Waals surface area contributed by atoms with Crippen molar-refractivity contribution in [3.05, 3.63) is 34.2 Å². The molecule has 1 aromatic carbocycles. The highest BCUT2D eigenvalue weighted by Gasteiger charge is 2.23. The van der Waals surface area contributed by atoms with Crippen LogP contribution in [0.3, 0.4) is 0 Å². The molecule has 0 radical (unpaired) electrons. The average molecular weight is 362 g/mol. The molecule has 0 unspecified atom stereocenters. The maximum atomic E-state index is 13.7. The summed E-state index contributed by atoms with van der Waals surface area (Å²) in [5, 5.41) is 4.06. The van der Waals surface area contributed by atoms with Crippen LogP contribution in [-0.2, 0) is 4.74 Å². The van der Waals surface area contributed by atoms with Gasteiger partial charge >= 0.3 is 5.97 Å². The molecule has 9 heteroatoms. The largest absolute Gasteiger partial charge is 0.465 e. The number of carbonyl (C=O) groups is 1. The van der Waals surface area contributed by atoms with Crippen molar-refractivity contribution < 1.29 is 17.8 Å². The minimum absolute atomic E-state index is 0.0177. The van der Waals surface area contributed by atoms with Crippen molar-refractivity contribution in [1.29, 1.82) is 0 Å². The molecule has 0 saturated carbocycles. The molecule has 0 saturated heterocycles. The van der Waals surface area contributed by atoms with E-state index in [1.165, 1.54) is 17.8 Å². The van der Waals surface area contributed by atoms with Crippen molar-refractivity contribution in [2.24, 2.45) is 0 Å². The van der Waals surface area contributed by atoms with Crippen molar-refractivity contribution in [1.82, 2.24) is 13.6 Å². The van der Waals surface area contributed by atoms with Crippen molar-refractivity contribution in [2.45, 2.75) is 0 Å². The van der Waals surface area contributed by atoms with Gasteiger partial charge < -0.3 is 4.74 Å². The first-order valence-electron chi connectivity index (χ1n) is 5.33. The van der Waals surface area contributed by atoms with Crippen molar-refractivity contribution in [3.63, 3.8) is 0 Å². The van der Waals surface area contributed by atoms with Crippen LogP contribution in [0.2, 0.25) is 0 Å². The van der Waals surface area contributed by atoms with Gasteiger partial charge in [-0.1, -0.05) is 0 Å². The molecule has 0 bridgehead atoms. The van der Waals surface area contributed by atoms with Gasteiger partial charge in [-0.05, 0) is 22.0 Å². The number of imidazole rings is 1. The maximum absolute atomic E-state index is 13.7. The summed E-state index contributed by atoms with van der Waals surface area (Å²) >= 11 is 3.14. The van der Waals surface area contributed by atoms with E-state index in [1.54, 1.807) is 0 Å². The molecule has 0 N–H and O–H groups in total. The summed E-state index contributed by atoms with van der Waals surface area (Å²) in [6, 6.07) is 2.17. The molecule has 0 atom stereocenters. The van der Waals surface area contributed by atoms with E-state index >= 15 is 0 Å². The van der Waals surface area contributed by atoms with Gasteiger partial charge in [0.05, 0.1) is 28.9 Å². The third-order valence-corrected chi connectivity index (χ3v) is 3.92. The van der Waals surface area contributed by atoms with Gasteiger partial charge in [0.15, 0.2) is 18.0 Å². The van der Waals surface area contributed by atoms with Crippen LogP contribution >= 0.6 is 28.3 Å². The van der Waals surface area contributed by atoms with Gasteiger partial charge in [-0.15, -0.1) is 3.89 Å². The number of nitrogens with zero attached hydrogens (tertiary/aromatic N) is 3. The lowest BCUT2D eigenvalue weighted by molar-refractivity contribution is 0.0602. The summed E-state index contributed by atoms with van der Waals surface area (Å²) in [6.45, 7) is 0. The number of aromatic nitrogens is 3. The standard InChI is InChI=1S/C11H6BrF2N3O2S/c1-19-11(18)6-2-5(13)3-8-9(6)16-10(17(8)20-14)7(12)4-15-16/h2-4H,1H3. The molecule has 104 valence electrons. The molecule has 0 aliphatic carbocycles. The fourth-order valence-corrected chi connectivity index (χ4v) is 3.09. The van der Waals surface area contributed by atoms with E-state index in [-0.39, 0.29) is 28.9 Å². The quantitative estimate of drug-likeness (QED) is 0.656. The highest BCUT2D eigenvalue weighted by molar-refractivity contribution is 9.10. The Kier molecular flexibility index (Phi) is 3.17. The second-order valence-electron chi connectivity index (χ2n) is 3.90. The number of halogens is 3. The van der Waals surface area contributed by atoms with E-state index in [0.717, 1.165) is 16.1 Å². The fourth-order valence-electron chi connectivity index (χ4n) is 2.08. The van der Waals surface area contributed by atoms with Gasteiger partial charge in [-0.2, -0.15) is 5.10 Å². The predicted molar refractivity (Wildman–Crippen MR) is 73.8 cm³/mol. The number of ether oxygens (including phenoxy) is 1. The van der Waals surface area contributed by atoms with Gasteiger partial charge in [0, 0.05) is 6.07 Å². The van der Waals surface area contributed by atoms with E-state index in [4.69, 9.17) is 0 Å². The fraction of sp³-hybridized carbons (Fsp3) is 0.0909. The number of fused-ring (bicyclic) bond motifs is 3. The van der Waals surface area contributed by atoms with Crippen LogP contribution < -0.4 is 0 Å². The molecule has 0 spiro atoms. The summed E-state index contributed by atoms with van der Waals surface area (Å²) in [7, 11) is 1.19. The van der Waals surface area contributed by atoms with Crippen LogP contribution in [-0.4, -0.2) is 26.7 Å². The predicted octanol–water partition coefficient (Wildman–Crippen LogP) is 3.36. The summed E-state index contributed by atoms with van der Waals surface area (Å²) in [4.78, 5) is 11.8. The molecule has 0 aliphatic rings. The van der Waals surface area contributed by atoms with Crippen LogP contribution in [0, 0.1) is 5.82 Å². The van der Waals surface area contributed by atoms with Gasteiger partial charge in [0.25, 0.3) is 0 Å². The number of rotatable bonds is 2. The molecule has 3 aromatic rings. The smallest absolute Gasteiger partial charge is 0.340 e. The number of hydrogen-bond acceptors (Lipinski definition) is 4. The summed E-state index contributed by atoms with van der Waals surface area (Å²) < 4.78 is 34.5. The van der Waals surface area contributed by atoms with Crippen LogP contribution in [0.15, 0.2) is 22.8 Å². The lowest BCUT2D eigenvalue weighted by Gasteiger charge is -2.02. The Morgan fingerprint density at radius 3 is 2.90 bits per heavy atom. The van der Waals surface area contributed by atoms with Gasteiger partial charge in [0.1, 0.15) is 11.3 Å². The monoisotopic (exact) mass is 361 g/mol. The van der Waals surface area contributed by atoms with E-state index in [1.807, 2.05) is 0 Å². The molecular weight excluding hydrogens is 356 g/mol. The van der Waals surface area contributed by atoms with E-state index in [0.29, 0.717) is 10.1 Å². The molecule has 0 aliphatic heterocycles. The molecular formula is C11H6BrF2N3O2S. The number of methoxy groups -OCH3 is 1. The third kappa shape index (κ3) is 1.73. The van der Waals surface area contributed by atoms with Crippen LogP contribution in [0.25, 0.3) is 16.7 Å². The molecule has 0 amide bonds. The second-order valence-corrected chi connectivity index (χ2v) is 5.26. The first kappa shape index (κ1) is 13.4.